The molecule has 1 amide bonds. The zero-order valence-corrected chi connectivity index (χ0v) is 15.2. The first-order valence-electron chi connectivity index (χ1n) is 7.48. The van der Waals surface area contributed by atoms with Gasteiger partial charge in [0.05, 0.1) is 28.7 Å². The summed E-state index contributed by atoms with van der Waals surface area (Å²) in [5.74, 6) is -0.916. The lowest BCUT2D eigenvalue weighted by Crippen LogP contribution is -2.19. The summed E-state index contributed by atoms with van der Waals surface area (Å²) in [5.41, 5.74) is 0.852. The molecule has 0 spiro atoms. The Morgan fingerprint density at radius 1 is 1.23 bits per heavy atom. The van der Waals surface area contributed by atoms with Gasteiger partial charge in [-0.25, -0.2) is 0 Å². The van der Waals surface area contributed by atoms with Crippen molar-refractivity contribution in [3.63, 3.8) is 0 Å². The number of para-hydroxylation sites is 1. The third-order valence-electron chi connectivity index (χ3n) is 3.54. The number of ether oxygens (including phenoxy) is 1. The van der Waals surface area contributed by atoms with Crippen molar-refractivity contribution in [3.05, 3.63) is 56.2 Å². The molecule has 0 atom stereocenters. The molecule has 0 aliphatic heterocycles. The molecule has 3 aromatic rings. The van der Waals surface area contributed by atoms with Gasteiger partial charge in [0.25, 0.3) is 5.91 Å². The molecule has 0 aliphatic carbocycles. The van der Waals surface area contributed by atoms with E-state index in [1.54, 1.807) is 4.57 Å². The molecule has 0 saturated carbocycles. The van der Waals surface area contributed by atoms with Crippen LogP contribution in [0.4, 0.5) is 5.00 Å². The van der Waals surface area contributed by atoms with Crippen LogP contribution in [-0.2, 0) is 16.1 Å². The zero-order chi connectivity index (χ0) is 18.7. The first-order valence-corrected chi connectivity index (χ1v) is 9.11. The Labute approximate surface area is 155 Å². The maximum atomic E-state index is 12.4. The SMILES string of the molecule is COC(=O)CCn1c(=NC(=O)c2ccc([N+](=O)[O-])s2)sc2ccccc21. The lowest BCUT2D eigenvalue weighted by Gasteiger charge is -2.04. The fourth-order valence-electron chi connectivity index (χ4n) is 2.31. The van der Waals surface area contributed by atoms with E-state index in [9.17, 15) is 19.7 Å². The number of carbonyl (C=O) groups is 2. The number of nitro groups is 1. The van der Waals surface area contributed by atoms with Gasteiger partial charge in [-0.15, -0.1) is 0 Å². The number of rotatable bonds is 5. The van der Waals surface area contributed by atoms with Gasteiger partial charge in [-0.3, -0.25) is 19.7 Å². The first kappa shape index (κ1) is 18.0. The number of thiophene rings is 1. The number of methoxy groups -OCH3 is 1. The third-order valence-corrected chi connectivity index (χ3v) is 5.62. The summed E-state index contributed by atoms with van der Waals surface area (Å²) in [7, 11) is 1.32. The number of benzene rings is 1. The van der Waals surface area contributed by atoms with Gasteiger partial charge in [-0.2, -0.15) is 4.99 Å². The second-order valence-corrected chi connectivity index (χ2v) is 7.21. The van der Waals surface area contributed by atoms with Crippen LogP contribution in [0.1, 0.15) is 16.1 Å². The van der Waals surface area contributed by atoms with Gasteiger partial charge in [-0.05, 0) is 18.2 Å². The minimum atomic E-state index is -0.554. The second-order valence-electron chi connectivity index (χ2n) is 5.14. The molecule has 0 unspecified atom stereocenters. The monoisotopic (exact) mass is 391 g/mol. The van der Waals surface area contributed by atoms with Gasteiger partial charge in [0.2, 0.25) is 0 Å². The topological polar surface area (TPSA) is 104 Å². The summed E-state index contributed by atoms with van der Waals surface area (Å²) in [6.07, 6.45) is 0.142. The summed E-state index contributed by atoms with van der Waals surface area (Å²) < 4.78 is 7.36. The number of esters is 1. The second kappa shape index (κ2) is 7.58. The Bertz CT molecular complexity index is 1060. The summed E-state index contributed by atoms with van der Waals surface area (Å²) >= 11 is 2.10. The molecule has 2 heterocycles. The Kier molecular flexibility index (Phi) is 5.24. The highest BCUT2D eigenvalue weighted by Gasteiger charge is 2.16. The van der Waals surface area contributed by atoms with Crippen LogP contribution >= 0.6 is 22.7 Å². The minimum absolute atomic E-state index is 0.113. The standard InChI is InChI=1S/C16H13N3O5S2/c1-24-14(20)8-9-18-10-4-2-3-5-11(10)26-16(18)17-15(21)12-6-7-13(25-12)19(22)23/h2-7H,8-9H2,1H3. The maximum absolute atomic E-state index is 12.4. The van der Waals surface area contributed by atoms with Crippen LogP contribution in [0.3, 0.4) is 0 Å². The van der Waals surface area contributed by atoms with Crippen LogP contribution in [0.2, 0.25) is 0 Å². The minimum Gasteiger partial charge on any atom is -0.469 e. The van der Waals surface area contributed by atoms with E-state index >= 15 is 0 Å². The van der Waals surface area contributed by atoms with Crippen LogP contribution in [-0.4, -0.2) is 28.5 Å². The Balaban J connectivity index is 2.01. The summed E-state index contributed by atoms with van der Waals surface area (Å²) in [6.45, 7) is 0.313. The molecular weight excluding hydrogens is 378 g/mol. The number of hydrogen-bond acceptors (Lipinski definition) is 7. The van der Waals surface area contributed by atoms with E-state index in [2.05, 4.69) is 9.73 Å². The van der Waals surface area contributed by atoms with Crippen LogP contribution in [0, 0.1) is 10.1 Å². The number of hydrogen-bond donors (Lipinski definition) is 0. The smallest absolute Gasteiger partial charge is 0.324 e. The van der Waals surface area contributed by atoms with Crippen molar-refractivity contribution in [1.29, 1.82) is 0 Å². The van der Waals surface area contributed by atoms with Gasteiger partial charge in [0.15, 0.2) is 4.80 Å². The van der Waals surface area contributed by atoms with E-state index < -0.39 is 10.8 Å². The Morgan fingerprint density at radius 2 is 2.00 bits per heavy atom. The molecule has 10 heteroatoms. The molecule has 3 rings (SSSR count). The maximum Gasteiger partial charge on any atom is 0.324 e. The van der Waals surface area contributed by atoms with E-state index in [0.717, 1.165) is 21.6 Å². The predicted octanol–water partition coefficient (Wildman–Crippen LogP) is 2.98. The Morgan fingerprint density at radius 3 is 2.69 bits per heavy atom. The summed E-state index contributed by atoms with van der Waals surface area (Å²) in [6, 6.07) is 10.2. The van der Waals surface area contributed by atoms with Crippen molar-refractivity contribution in [2.45, 2.75) is 13.0 Å². The normalized spacial score (nSPS) is 11.7. The van der Waals surface area contributed by atoms with E-state index in [0.29, 0.717) is 11.3 Å². The highest BCUT2D eigenvalue weighted by Crippen LogP contribution is 2.24. The van der Waals surface area contributed by atoms with Gasteiger partial charge >= 0.3 is 11.0 Å². The average molecular weight is 391 g/mol. The predicted molar refractivity (Wildman–Crippen MR) is 97.3 cm³/mol. The molecule has 0 N–H and O–H groups in total. The lowest BCUT2D eigenvalue weighted by molar-refractivity contribution is -0.380. The quantitative estimate of drug-likeness (QED) is 0.378. The number of amides is 1. The molecule has 26 heavy (non-hydrogen) atoms. The molecule has 0 bridgehead atoms. The molecular formula is C16H13N3O5S2. The molecule has 0 saturated heterocycles. The van der Waals surface area contributed by atoms with Crippen molar-refractivity contribution in [3.8, 4) is 0 Å². The van der Waals surface area contributed by atoms with Gasteiger partial charge in [0.1, 0.15) is 4.88 Å². The summed E-state index contributed by atoms with van der Waals surface area (Å²) in [4.78, 5) is 38.8. The number of fused-ring (bicyclic) bond motifs is 1. The molecule has 0 fully saturated rings. The number of carbonyl (C=O) groups excluding carboxylic acids is 2. The molecule has 2 aromatic heterocycles. The Hall–Kier alpha value is -2.85. The largest absolute Gasteiger partial charge is 0.469 e. The van der Waals surface area contributed by atoms with Crippen LogP contribution in [0.25, 0.3) is 10.2 Å². The number of thiazole rings is 1. The fraction of sp³-hybridized carbons (Fsp3) is 0.188. The third kappa shape index (κ3) is 3.70. The lowest BCUT2D eigenvalue weighted by atomic mass is 10.3. The van der Waals surface area contributed by atoms with Gasteiger partial charge < -0.3 is 9.30 Å². The van der Waals surface area contributed by atoms with Gasteiger partial charge in [-0.1, -0.05) is 34.8 Å². The first-order chi connectivity index (χ1) is 12.5. The van der Waals surface area contributed by atoms with Gasteiger partial charge in [0, 0.05) is 12.6 Å². The van der Waals surface area contributed by atoms with Crippen LogP contribution in [0.15, 0.2) is 41.4 Å². The van der Waals surface area contributed by atoms with Crippen molar-refractivity contribution >= 4 is 49.8 Å². The van der Waals surface area contributed by atoms with E-state index in [-0.39, 0.29) is 22.3 Å². The average Bonchev–Trinajstić information content (AvgIpc) is 3.24. The molecule has 0 aliphatic rings. The van der Waals surface area contributed by atoms with Crippen molar-refractivity contribution < 1.29 is 19.2 Å². The van der Waals surface area contributed by atoms with Crippen molar-refractivity contribution in [1.82, 2.24) is 4.57 Å². The van der Waals surface area contributed by atoms with Crippen molar-refractivity contribution in [2.24, 2.45) is 4.99 Å². The van der Waals surface area contributed by atoms with E-state index in [1.165, 1.54) is 30.6 Å². The fourth-order valence-corrected chi connectivity index (χ4v) is 4.07. The number of nitrogens with zero attached hydrogens (tertiary/aromatic N) is 3. The van der Waals surface area contributed by atoms with E-state index in [4.69, 9.17) is 0 Å². The highest BCUT2D eigenvalue weighted by molar-refractivity contribution is 7.17. The summed E-state index contributed by atoms with van der Waals surface area (Å²) in [5, 5.41) is 10.7. The van der Waals surface area contributed by atoms with Crippen LogP contribution < -0.4 is 4.80 Å². The molecule has 1 aromatic carbocycles. The number of aromatic nitrogens is 1. The highest BCUT2D eigenvalue weighted by atomic mass is 32.1. The van der Waals surface area contributed by atoms with Crippen molar-refractivity contribution in [2.75, 3.05) is 7.11 Å². The number of aryl methyl sites for hydroxylation is 1. The molecule has 0 radical (unpaired) electrons. The van der Waals surface area contributed by atoms with E-state index in [1.807, 2.05) is 24.3 Å². The molecule has 134 valence electrons. The van der Waals surface area contributed by atoms with Crippen LogP contribution in [0.5, 0.6) is 0 Å². The zero-order valence-electron chi connectivity index (χ0n) is 13.6. The molecule has 8 nitrogen and oxygen atoms in total.